The molecule has 6 rings (SSSR count). The zero-order valence-electron chi connectivity index (χ0n) is 21.4. The van der Waals surface area contributed by atoms with Gasteiger partial charge in [0, 0.05) is 50.0 Å². The van der Waals surface area contributed by atoms with Crippen molar-refractivity contribution >= 4 is 11.7 Å². The van der Waals surface area contributed by atoms with Crippen molar-refractivity contribution in [2.24, 2.45) is 11.8 Å². The number of benzene rings is 1. The molecule has 1 aromatic carbocycles. The Morgan fingerprint density at radius 3 is 2.81 bits per heavy atom. The molecule has 190 valence electrons. The number of oxazole rings is 1. The van der Waals surface area contributed by atoms with Crippen molar-refractivity contribution in [2.45, 2.75) is 44.6 Å². The van der Waals surface area contributed by atoms with E-state index in [4.69, 9.17) is 4.42 Å². The first-order valence-corrected chi connectivity index (χ1v) is 13.4. The molecule has 1 spiro atoms. The third kappa shape index (κ3) is 4.28. The largest absolute Gasteiger partial charge is 0.422 e. The molecule has 0 amide bonds. The van der Waals surface area contributed by atoms with Gasteiger partial charge in [-0.2, -0.15) is 0 Å². The summed E-state index contributed by atoms with van der Waals surface area (Å²) in [6.45, 7) is 10.1. The highest BCUT2D eigenvalue weighted by Crippen LogP contribution is 2.47. The van der Waals surface area contributed by atoms with E-state index in [0.29, 0.717) is 23.6 Å². The number of hydrogen-bond acceptors (Lipinski definition) is 7. The lowest BCUT2D eigenvalue weighted by atomic mass is 9.67. The number of aliphatic hydroxyl groups excluding tert-OH is 1. The molecule has 3 aliphatic rings. The van der Waals surface area contributed by atoms with Gasteiger partial charge in [-0.25, -0.2) is 4.98 Å². The first-order chi connectivity index (χ1) is 17.5. The molecule has 0 saturated carbocycles. The van der Waals surface area contributed by atoms with Crippen LogP contribution in [-0.4, -0.2) is 65.3 Å². The lowest BCUT2D eigenvalue weighted by Crippen LogP contribution is -2.52. The van der Waals surface area contributed by atoms with E-state index in [0.717, 1.165) is 64.2 Å². The van der Waals surface area contributed by atoms with Crippen LogP contribution in [0.1, 0.15) is 37.3 Å². The minimum atomic E-state index is -0.293. The van der Waals surface area contributed by atoms with Crippen LogP contribution in [0.2, 0.25) is 0 Å². The van der Waals surface area contributed by atoms with Gasteiger partial charge in [-0.1, -0.05) is 25.1 Å². The summed E-state index contributed by atoms with van der Waals surface area (Å²) in [5, 5.41) is 14.8. The number of fused-ring (bicyclic) bond motifs is 2. The predicted molar refractivity (Wildman–Crippen MR) is 142 cm³/mol. The molecule has 7 heteroatoms. The van der Waals surface area contributed by atoms with Gasteiger partial charge in [-0.15, -0.1) is 0 Å². The molecule has 5 heterocycles. The molecule has 36 heavy (non-hydrogen) atoms. The van der Waals surface area contributed by atoms with E-state index in [-0.39, 0.29) is 11.5 Å². The lowest BCUT2D eigenvalue weighted by molar-refractivity contribution is 0.0242. The Bertz CT molecular complexity index is 1190. The summed E-state index contributed by atoms with van der Waals surface area (Å²) in [6.07, 6.45) is 6.27. The molecule has 0 radical (unpaired) electrons. The molecule has 3 aromatic rings. The van der Waals surface area contributed by atoms with Crippen LogP contribution in [0.25, 0.3) is 11.5 Å². The van der Waals surface area contributed by atoms with E-state index in [1.54, 1.807) is 12.4 Å². The van der Waals surface area contributed by atoms with Gasteiger partial charge in [-0.05, 0) is 73.9 Å². The molecular weight excluding hydrogens is 450 g/mol. The van der Waals surface area contributed by atoms with Crippen molar-refractivity contribution in [1.82, 2.24) is 14.9 Å². The summed E-state index contributed by atoms with van der Waals surface area (Å²) in [5.74, 6) is 1.56. The lowest BCUT2D eigenvalue weighted by Gasteiger charge is -2.46. The minimum Gasteiger partial charge on any atom is -0.422 e. The van der Waals surface area contributed by atoms with E-state index in [9.17, 15) is 5.11 Å². The van der Waals surface area contributed by atoms with E-state index in [2.05, 4.69) is 57.1 Å². The molecule has 3 atom stereocenters. The monoisotopic (exact) mass is 487 g/mol. The number of aryl methyl sites for hydroxylation is 1. The second-order valence-electron chi connectivity index (χ2n) is 11.1. The van der Waals surface area contributed by atoms with Gasteiger partial charge < -0.3 is 24.6 Å². The molecule has 1 unspecified atom stereocenters. The summed E-state index contributed by atoms with van der Waals surface area (Å²) in [5.41, 5.74) is 5.14. The summed E-state index contributed by atoms with van der Waals surface area (Å²) in [6, 6.07) is 13.3. The van der Waals surface area contributed by atoms with Gasteiger partial charge in [0.2, 0.25) is 0 Å². The van der Waals surface area contributed by atoms with Crippen molar-refractivity contribution in [1.29, 1.82) is 0 Å². The van der Waals surface area contributed by atoms with Crippen molar-refractivity contribution in [3.05, 3.63) is 59.9 Å². The van der Waals surface area contributed by atoms with E-state index in [1.165, 1.54) is 16.8 Å². The van der Waals surface area contributed by atoms with Crippen LogP contribution in [0.3, 0.4) is 0 Å². The third-order valence-electron chi connectivity index (χ3n) is 8.87. The molecule has 0 bridgehead atoms. The maximum atomic E-state index is 11.1. The maximum absolute atomic E-state index is 11.1. The Morgan fingerprint density at radius 1 is 1.17 bits per heavy atom. The summed E-state index contributed by atoms with van der Waals surface area (Å²) >= 11 is 0. The van der Waals surface area contributed by atoms with Crippen molar-refractivity contribution < 1.29 is 9.52 Å². The zero-order chi connectivity index (χ0) is 24.7. The SMILES string of the molecule is Cc1ccc2c(c1)NCC21CCN(C[C@@H](O)C2CCN(c3ncc(-c4ccccn4)o3)CC2)C[C@@H]1C. The van der Waals surface area contributed by atoms with Crippen LogP contribution in [0.15, 0.2) is 53.2 Å². The number of hydrogen-bond donors (Lipinski definition) is 2. The van der Waals surface area contributed by atoms with Gasteiger partial charge in [0.05, 0.1) is 12.3 Å². The van der Waals surface area contributed by atoms with E-state index in [1.807, 2.05) is 18.2 Å². The average molecular weight is 488 g/mol. The number of pyridine rings is 1. The van der Waals surface area contributed by atoms with Gasteiger partial charge in [0.15, 0.2) is 5.76 Å². The second kappa shape index (κ2) is 9.52. The van der Waals surface area contributed by atoms with Gasteiger partial charge in [-0.3, -0.25) is 4.98 Å². The van der Waals surface area contributed by atoms with Crippen LogP contribution < -0.4 is 10.2 Å². The van der Waals surface area contributed by atoms with Crippen molar-refractivity contribution in [2.75, 3.05) is 49.5 Å². The summed E-state index contributed by atoms with van der Waals surface area (Å²) in [7, 11) is 0. The topological polar surface area (TPSA) is 77.7 Å². The fourth-order valence-corrected chi connectivity index (χ4v) is 6.60. The Morgan fingerprint density at radius 2 is 2.03 bits per heavy atom. The molecule has 2 aromatic heterocycles. The quantitative estimate of drug-likeness (QED) is 0.555. The fourth-order valence-electron chi connectivity index (χ4n) is 6.60. The van der Waals surface area contributed by atoms with Gasteiger partial charge in [0.25, 0.3) is 6.01 Å². The molecule has 3 aliphatic heterocycles. The Hall–Kier alpha value is -2.90. The Balaban J connectivity index is 1.02. The average Bonchev–Trinajstić information content (AvgIpc) is 3.53. The highest BCUT2D eigenvalue weighted by atomic mass is 16.4. The zero-order valence-corrected chi connectivity index (χ0v) is 21.4. The number of nitrogens with one attached hydrogen (secondary N) is 1. The number of aliphatic hydroxyl groups is 1. The third-order valence-corrected chi connectivity index (χ3v) is 8.87. The first-order valence-electron chi connectivity index (χ1n) is 13.4. The molecule has 2 fully saturated rings. The Labute approximate surface area is 213 Å². The second-order valence-corrected chi connectivity index (χ2v) is 11.1. The maximum Gasteiger partial charge on any atom is 0.297 e. The van der Waals surface area contributed by atoms with Crippen LogP contribution in [0.4, 0.5) is 11.7 Å². The standard InChI is InChI=1S/C29H37N5O2/c1-20-6-7-23-25(15-20)32-19-29(23)10-14-33(17-21(29)2)18-26(35)22-8-12-34(13-9-22)28-31-16-27(36-28)24-5-3-4-11-30-24/h3-7,11,15-16,21-22,26,32,35H,8-10,12-14,17-19H2,1-2H3/t21-,26+,29?/m0/s1. The fraction of sp³-hybridized carbons (Fsp3) is 0.517. The highest BCUT2D eigenvalue weighted by Gasteiger charge is 2.46. The molecule has 2 saturated heterocycles. The van der Waals surface area contributed by atoms with Crippen LogP contribution in [0, 0.1) is 18.8 Å². The first kappa shape index (κ1) is 23.5. The highest BCUT2D eigenvalue weighted by molar-refractivity contribution is 5.62. The number of anilines is 2. The van der Waals surface area contributed by atoms with Crippen LogP contribution in [-0.2, 0) is 5.41 Å². The molecular formula is C29H37N5O2. The van der Waals surface area contributed by atoms with Crippen LogP contribution in [0.5, 0.6) is 0 Å². The number of rotatable bonds is 5. The molecule has 0 aliphatic carbocycles. The van der Waals surface area contributed by atoms with Crippen molar-refractivity contribution in [3.8, 4) is 11.5 Å². The van der Waals surface area contributed by atoms with E-state index < -0.39 is 0 Å². The van der Waals surface area contributed by atoms with E-state index >= 15 is 0 Å². The summed E-state index contributed by atoms with van der Waals surface area (Å²) < 4.78 is 5.99. The number of likely N-dealkylation sites (tertiary alicyclic amines) is 1. The smallest absolute Gasteiger partial charge is 0.297 e. The van der Waals surface area contributed by atoms with Crippen molar-refractivity contribution in [3.63, 3.8) is 0 Å². The molecule has 7 nitrogen and oxygen atoms in total. The summed E-state index contributed by atoms with van der Waals surface area (Å²) in [4.78, 5) is 13.5. The predicted octanol–water partition coefficient (Wildman–Crippen LogP) is 4.33. The van der Waals surface area contributed by atoms with Gasteiger partial charge >= 0.3 is 0 Å². The number of nitrogens with zero attached hydrogens (tertiary/aromatic N) is 4. The van der Waals surface area contributed by atoms with Crippen LogP contribution >= 0.6 is 0 Å². The minimum absolute atomic E-state index is 0.222. The Kier molecular flexibility index (Phi) is 6.21. The van der Waals surface area contributed by atoms with Gasteiger partial charge in [0.1, 0.15) is 5.69 Å². The number of β-amino-alcohol motifs (C(OH)–C–C–N with tert-alkyl or cyclic N) is 1. The normalized spacial score (nSPS) is 25.6. The number of aromatic nitrogens is 2. The molecule has 2 N–H and O–H groups in total. The number of piperidine rings is 2.